The minimum atomic E-state index is 0.119. The molecule has 1 aromatic heterocycles. The summed E-state index contributed by atoms with van der Waals surface area (Å²) in [6.07, 6.45) is 0. The average molecular weight is 276 g/mol. The zero-order valence-corrected chi connectivity index (χ0v) is 10.0. The summed E-state index contributed by atoms with van der Waals surface area (Å²) in [7, 11) is 0. The first-order valence-electron chi connectivity index (χ1n) is 3.91. The molecule has 1 rings (SSSR count). The van der Waals surface area contributed by atoms with Gasteiger partial charge < -0.3 is 0 Å². The summed E-state index contributed by atoms with van der Waals surface area (Å²) in [5, 5.41) is 0. The molecule has 0 radical (unpaired) electrons. The maximum atomic E-state index is 4.38. The van der Waals surface area contributed by atoms with Gasteiger partial charge in [-0.1, -0.05) is 20.8 Å². The maximum absolute atomic E-state index is 4.38. The first-order chi connectivity index (χ1) is 5.39. The molecule has 0 saturated heterocycles. The standard InChI is InChI=1S/C9H13IN2/c1-6-5-7(9(2,3)4)12-8(10)11-6/h5H,1-4H3. The molecule has 0 unspecified atom stereocenters. The van der Waals surface area contributed by atoms with E-state index in [1.54, 1.807) is 0 Å². The van der Waals surface area contributed by atoms with Gasteiger partial charge in [-0.25, -0.2) is 9.97 Å². The van der Waals surface area contributed by atoms with Crippen LogP contribution in [0.3, 0.4) is 0 Å². The topological polar surface area (TPSA) is 25.8 Å². The molecule has 3 heteroatoms. The molecule has 12 heavy (non-hydrogen) atoms. The second-order valence-corrected chi connectivity index (χ2v) is 4.88. The van der Waals surface area contributed by atoms with Gasteiger partial charge in [0, 0.05) is 33.7 Å². The maximum Gasteiger partial charge on any atom is 0.191 e. The van der Waals surface area contributed by atoms with Crippen LogP contribution in [0.1, 0.15) is 32.2 Å². The van der Waals surface area contributed by atoms with Crippen LogP contribution in [0.25, 0.3) is 0 Å². The Morgan fingerprint density at radius 3 is 2.25 bits per heavy atom. The lowest BCUT2D eigenvalue weighted by molar-refractivity contribution is 0.563. The van der Waals surface area contributed by atoms with E-state index in [9.17, 15) is 0 Å². The zero-order chi connectivity index (χ0) is 9.35. The smallest absolute Gasteiger partial charge is 0.191 e. The Morgan fingerprint density at radius 2 is 1.83 bits per heavy atom. The minimum Gasteiger partial charge on any atom is -0.228 e. The van der Waals surface area contributed by atoms with Gasteiger partial charge >= 0.3 is 0 Å². The fourth-order valence-electron chi connectivity index (χ4n) is 0.917. The van der Waals surface area contributed by atoms with Gasteiger partial charge in [-0.3, -0.25) is 0 Å². The Kier molecular flexibility index (Phi) is 2.70. The van der Waals surface area contributed by atoms with E-state index in [4.69, 9.17) is 0 Å². The Balaban J connectivity index is 3.18. The van der Waals surface area contributed by atoms with Crippen LogP contribution >= 0.6 is 22.6 Å². The molecule has 0 aliphatic heterocycles. The van der Waals surface area contributed by atoms with Crippen LogP contribution in [-0.4, -0.2) is 9.97 Å². The van der Waals surface area contributed by atoms with Gasteiger partial charge in [0.25, 0.3) is 0 Å². The van der Waals surface area contributed by atoms with Crippen molar-refractivity contribution in [3.63, 3.8) is 0 Å². The van der Waals surface area contributed by atoms with E-state index in [0.717, 1.165) is 15.2 Å². The van der Waals surface area contributed by atoms with Crippen LogP contribution in [-0.2, 0) is 5.41 Å². The molecule has 1 aromatic rings. The first-order valence-corrected chi connectivity index (χ1v) is 4.99. The second-order valence-electron chi connectivity index (χ2n) is 3.91. The van der Waals surface area contributed by atoms with Crippen molar-refractivity contribution < 1.29 is 0 Å². The highest BCUT2D eigenvalue weighted by atomic mass is 127. The molecule has 0 fully saturated rings. The minimum absolute atomic E-state index is 0.119. The Morgan fingerprint density at radius 1 is 1.25 bits per heavy atom. The molecule has 0 N–H and O–H groups in total. The average Bonchev–Trinajstić information content (AvgIpc) is 1.82. The molecule has 0 aromatic carbocycles. The summed E-state index contributed by atoms with van der Waals surface area (Å²) >= 11 is 2.15. The van der Waals surface area contributed by atoms with E-state index >= 15 is 0 Å². The van der Waals surface area contributed by atoms with Crippen molar-refractivity contribution in [1.82, 2.24) is 9.97 Å². The van der Waals surface area contributed by atoms with Crippen LogP contribution in [0.5, 0.6) is 0 Å². The number of nitrogens with zero attached hydrogens (tertiary/aromatic N) is 2. The molecule has 0 bridgehead atoms. The Hall–Kier alpha value is -0.190. The zero-order valence-electron chi connectivity index (χ0n) is 7.85. The molecule has 0 spiro atoms. The second kappa shape index (κ2) is 3.28. The summed E-state index contributed by atoms with van der Waals surface area (Å²) in [5.74, 6) is 0. The van der Waals surface area contributed by atoms with E-state index in [1.807, 2.05) is 13.0 Å². The predicted molar refractivity (Wildman–Crippen MR) is 58.2 cm³/mol. The molecule has 0 aliphatic rings. The monoisotopic (exact) mass is 276 g/mol. The number of hydrogen-bond acceptors (Lipinski definition) is 2. The molecule has 2 nitrogen and oxygen atoms in total. The summed E-state index contributed by atoms with van der Waals surface area (Å²) in [4.78, 5) is 8.60. The number of aromatic nitrogens is 2. The van der Waals surface area contributed by atoms with Gasteiger partial charge in [0.1, 0.15) is 0 Å². The number of aryl methyl sites for hydroxylation is 1. The van der Waals surface area contributed by atoms with E-state index in [-0.39, 0.29) is 5.41 Å². The molecule has 0 atom stereocenters. The summed E-state index contributed by atoms with van der Waals surface area (Å²) in [6, 6.07) is 2.04. The molecule has 0 aliphatic carbocycles. The summed E-state index contributed by atoms with van der Waals surface area (Å²) < 4.78 is 0.831. The van der Waals surface area contributed by atoms with Crippen molar-refractivity contribution in [1.29, 1.82) is 0 Å². The van der Waals surface area contributed by atoms with E-state index < -0.39 is 0 Å². The number of rotatable bonds is 0. The third-order valence-corrected chi connectivity index (χ3v) is 2.08. The van der Waals surface area contributed by atoms with Crippen LogP contribution in [0.4, 0.5) is 0 Å². The van der Waals surface area contributed by atoms with Crippen molar-refractivity contribution in [3.8, 4) is 0 Å². The van der Waals surface area contributed by atoms with Crippen LogP contribution in [0.15, 0.2) is 6.07 Å². The quantitative estimate of drug-likeness (QED) is 0.538. The van der Waals surface area contributed by atoms with Crippen LogP contribution in [0, 0.1) is 10.8 Å². The van der Waals surface area contributed by atoms with E-state index in [0.29, 0.717) is 0 Å². The van der Waals surface area contributed by atoms with Crippen molar-refractivity contribution >= 4 is 22.6 Å². The molecular formula is C9H13IN2. The van der Waals surface area contributed by atoms with E-state index in [2.05, 4.69) is 53.3 Å². The highest BCUT2D eigenvalue weighted by Crippen LogP contribution is 2.20. The van der Waals surface area contributed by atoms with Gasteiger partial charge in [-0.15, -0.1) is 0 Å². The largest absolute Gasteiger partial charge is 0.228 e. The SMILES string of the molecule is Cc1cc(C(C)(C)C)nc(I)n1. The Labute approximate surface area is 87.0 Å². The van der Waals surface area contributed by atoms with Crippen molar-refractivity contribution in [2.45, 2.75) is 33.1 Å². The van der Waals surface area contributed by atoms with Crippen LogP contribution in [0.2, 0.25) is 0 Å². The summed E-state index contributed by atoms with van der Waals surface area (Å²) in [6.45, 7) is 8.47. The third kappa shape index (κ3) is 2.40. The molecule has 0 saturated carbocycles. The van der Waals surface area contributed by atoms with Gasteiger partial charge in [0.2, 0.25) is 0 Å². The highest BCUT2D eigenvalue weighted by Gasteiger charge is 2.16. The molecule has 0 amide bonds. The lowest BCUT2D eigenvalue weighted by atomic mass is 9.92. The van der Waals surface area contributed by atoms with Crippen LogP contribution < -0.4 is 0 Å². The number of halogens is 1. The molecular weight excluding hydrogens is 263 g/mol. The number of hydrogen-bond donors (Lipinski definition) is 0. The lowest BCUT2D eigenvalue weighted by Crippen LogP contribution is -2.15. The summed E-state index contributed by atoms with van der Waals surface area (Å²) in [5.41, 5.74) is 2.27. The highest BCUT2D eigenvalue weighted by molar-refractivity contribution is 14.1. The van der Waals surface area contributed by atoms with E-state index in [1.165, 1.54) is 0 Å². The van der Waals surface area contributed by atoms with Gasteiger partial charge in [-0.2, -0.15) is 0 Å². The fraction of sp³-hybridized carbons (Fsp3) is 0.556. The lowest BCUT2D eigenvalue weighted by Gasteiger charge is -2.17. The van der Waals surface area contributed by atoms with Crippen molar-refractivity contribution in [2.24, 2.45) is 0 Å². The van der Waals surface area contributed by atoms with Gasteiger partial charge in [0.15, 0.2) is 3.83 Å². The normalized spacial score (nSPS) is 11.8. The predicted octanol–water partition coefficient (Wildman–Crippen LogP) is 2.69. The fourth-order valence-corrected chi connectivity index (χ4v) is 1.56. The molecule has 66 valence electrons. The molecule has 1 heterocycles. The first kappa shape index (κ1) is 9.89. The Bertz CT molecular complexity index is 269. The van der Waals surface area contributed by atoms with Gasteiger partial charge in [-0.05, 0) is 13.0 Å². The van der Waals surface area contributed by atoms with Crippen molar-refractivity contribution in [3.05, 3.63) is 21.3 Å². The van der Waals surface area contributed by atoms with Gasteiger partial charge in [0.05, 0.1) is 5.69 Å². The third-order valence-electron chi connectivity index (χ3n) is 1.60. The van der Waals surface area contributed by atoms with Crippen molar-refractivity contribution in [2.75, 3.05) is 0 Å².